The normalized spacial score (nSPS) is 18.4. The van der Waals surface area contributed by atoms with E-state index in [0.717, 1.165) is 28.6 Å². The van der Waals surface area contributed by atoms with Crippen LogP contribution in [0.15, 0.2) is 56.0 Å². The number of carbonyl (C=O) groups is 1. The molecule has 37 heavy (non-hydrogen) atoms. The second-order valence-electron chi connectivity index (χ2n) is 10.6. The predicted octanol–water partition coefficient (Wildman–Crippen LogP) is 4.50. The Kier molecular flexibility index (Phi) is 6.80. The highest BCUT2D eigenvalue weighted by molar-refractivity contribution is 5.86. The lowest BCUT2D eigenvalue weighted by molar-refractivity contribution is -0.133. The zero-order chi connectivity index (χ0) is 26.3. The second kappa shape index (κ2) is 10.0. The average molecular weight is 503 g/mol. The van der Waals surface area contributed by atoms with Crippen LogP contribution in [0.3, 0.4) is 0 Å². The maximum absolute atomic E-state index is 13.2. The molecule has 7 heteroatoms. The van der Waals surface area contributed by atoms with E-state index in [-0.39, 0.29) is 29.7 Å². The first kappa shape index (κ1) is 25.1. The summed E-state index contributed by atoms with van der Waals surface area (Å²) in [5, 5.41) is 0.865. The number of pyridine rings is 1. The van der Waals surface area contributed by atoms with E-state index in [9.17, 15) is 14.4 Å². The standard InChI is InChI=1S/C30H34N2O5/c1-18(2)12-13-36-26-10-8-23-19(3)24(30(35)37-29(23)20(26)4)9-11-27(33)31-15-21-14-22(17-31)25-6-5-7-28(34)32(25)16-21/h5-8,10,12,21-22H,9,11,13-17H2,1-4H3/t21-,22+/m0/s1. The van der Waals surface area contributed by atoms with Gasteiger partial charge in [-0.2, -0.15) is 0 Å². The number of aryl methyl sites for hydroxylation is 2. The minimum atomic E-state index is -0.397. The van der Waals surface area contributed by atoms with Gasteiger partial charge in [0.15, 0.2) is 0 Å². The Bertz CT molecular complexity index is 1510. The van der Waals surface area contributed by atoms with Crippen molar-refractivity contribution < 1.29 is 13.9 Å². The van der Waals surface area contributed by atoms with Gasteiger partial charge in [0.25, 0.3) is 5.56 Å². The lowest BCUT2D eigenvalue weighted by atomic mass is 9.83. The minimum absolute atomic E-state index is 0.0345. The number of benzene rings is 1. The molecule has 0 N–H and O–H groups in total. The van der Waals surface area contributed by atoms with Crippen LogP contribution >= 0.6 is 0 Å². The summed E-state index contributed by atoms with van der Waals surface area (Å²) in [5.74, 6) is 1.18. The number of nitrogens with zero attached hydrogens (tertiary/aromatic N) is 2. The number of aromatic nitrogens is 1. The van der Waals surface area contributed by atoms with Crippen molar-refractivity contribution in [2.75, 3.05) is 19.7 Å². The van der Waals surface area contributed by atoms with Gasteiger partial charge in [0.1, 0.15) is 17.9 Å². The van der Waals surface area contributed by atoms with Crippen LogP contribution in [0.5, 0.6) is 5.75 Å². The molecular weight excluding hydrogens is 468 g/mol. The van der Waals surface area contributed by atoms with Crippen LogP contribution in [0.4, 0.5) is 0 Å². The third-order valence-electron chi connectivity index (χ3n) is 7.81. The van der Waals surface area contributed by atoms with E-state index < -0.39 is 5.63 Å². The highest BCUT2D eigenvalue weighted by Gasteiger charge is 2.36. The van der Waals surface area contributed by atoms with Crippen LogP contribution in [0.2, 0.25) is 0 Å². The molecule has 1 saturated heterocycles. The number of rotatable bonds is 6. The first-order chi connectivity index (χ1) is 17.7. The van der Waals surface area contributed by atoms with Crippen LogP contribution in [-0.4, -0.2) is 35.1 Å². The van der Waals surface area contributed by atoms with Gasteiger partial charge >= 0.3 is 5.63 Å². The van der Waals surface area contributed by atoms with Gasteiger partial charge in [-0.05, 0) is 76.3 Å². The molecule has 5 rings (SSSR count). The van der Waals surface area contributed by atoms with E-state index in [1.54, 1.807) is 12.1 Å². The van der Waals surface area contributed by atoms with Gasteiger partial charge in [-0.3, -0.25) is 9.59 Å². The molecule has 1 amide bonds. The summed E-state index contributed by atoms with van der Waals surface area (Å²) in [4.78, 5) is 40.4. The molecule has 2 aliphatic rings. The molecule has 0 aliphatic carbocycles. The number of piperidine rings is 1. The van der Waals surface area contributed by atoms with Crippen molar-refractivity contribution in [2.24, 2.45) is 5.92 Å². The first-order valence-corrected chi connectivity index (χ1v) is 13.0. The van der Waals surface area contributed by atoms with Gasteiger partial charge in [-0.1, -0.05) is 11.6 Å². The van der Waals surface area contributed by atoms with Crippen LogP contribution in [0.25, 0.3) is 11.0 Å². The SMILES string of the molecule is CC(C)=CCOc1ccc2c(C)c(CCC(=O)N3C[C@@H]4C[C@H](C3)c3cccc(=O)n3C4)c(=O)oc2c1C. The number of likely N-dealkylation sites (tertiary alicyclic amines) is 1. The fourth-order valence-electron chi connectivity index (χ4n) is 5.80. The topological polar surface area (TPSA) is 81.8 Å². The molecule has 1 fully saturated rings. The second-order valence-corrected chi connectivity index (χ2v) is 10.6. The van der Waals surface area contributed by atoms with Gasteiger partial charge in [0, 0.05) is 60.2 Å². The highest BCUT2D eigenvalue weighted by atomic mass is 16.5. The maximum atomic E-state index is 13.2. The summed E-state index contributed by atoms with van der Waals surface area (Å²) in [7, 11) is 0. The summed E-state index contributed by atoms with van der Waals surface area (Å²) < 4.78 is 13.5. The largest absolute Gasteiger partial charge is 0.489 e. The number of fused-ring (bicyclic) bond motifs is 5. The van der Waals surface area contributed by atoms with E-state index in [1.807, 2.05) is 61.4 Å². The molecule has 3 aromatic rings. The summed E-state index contributed by atoms with van der Waals surface area (Å²) in [5.41, 5.74) is 4.56. The fourth-order valence-corrected chi connectivity index (χ4v) is 5.80. The molecule has 0 radical (unpaired) electrons. The zero-order valence-corrected chi connectivity index (χ0v) is 22.0. The molecule has 7 nitrogen and oxygen atoms in total. The van der Waals surface area contributed by atoms with E-state index in [2.05, 4.69) is 0 Å². The van der Waals surface area contributed by atoms with Crippen molar-refractivity contribution in [1.82, 2.24) is 9.47 Å². The predicted molar refractivity (Wildman–Crippen MR) is 143 cm³/mol. The molecule has 4 heterocycles. The first-order valence-electron chi connectivity index (χ1n) is 13.0. The third-order valence-corrected chi connectivity index (χ3v) is 7.81. The van der Waals surface area contributed by atoms with Crippen molar-refractivity contribution in [3.05, 3.63) is 85.1 Å². The van der Waals surface area contributed by atoms with Crippen molar-refractivity contribution in [1.29, 1.82) is 0 Å². The average Bonchev–Trinajstić information content (AvgIpc) is 2.86. The Morgan fingerprint density at radius 2 is 1.89 bits per heavy atom. The van der Waals surface area contributed by atoms with E-state index >= 15 is 0 Å². The Labute approximate surface area is 216 Å². The molecule has 2 atom stereocenters. The number of hydrogen-bond donors (Lipinski definition) is 0. The quantitative estimate of drug-likeness (QED) is 0.366. The molecule has 0 unspecified atom stereocenters. The number of ether oxygens (including phenoxy) is 1. The number of amides is 1. The van der Waals surface area contributed by atoms with Crippen LogP contribution < -0.4 is 15.9 Å². The Morgan fingerprint density at radius 1 is 1.08 bits per heavy atom. The number of allylic oxidation sites excluding steroid dienone is 1. The Morgan fingerprint density at radius 3 is 2.68 bits per heavy atom. The number of carbonyl (C=O) groups excluding carboxylic acids is 1. The molecule has 2 bridgehead atoms. The van der Waals surface area contributed by atoms with E-state index in [0.29, 0.717) is 49.6 Å². The third kappa shape index (κ3) is 4.87. The smallest absolute Gasteiger partial charge is 0.339 e. The van der Waals surface area contributed by atoms with Crippen LogP contribution in [0, 0.1) is 19.8 Å². The summed E-state index contributed by atoms with van der Waals surface area (Å²) in [6.45, 7) is 10.2. The van der Waals surface area contributed by atoms with Crippen molar-refractivity contribution >= 4 is 16.9 Å². The maximum Gasteiger partial charge on any atom is 0.339 e. The zero-order valence-electron chi connectivity index (χ0n) is 22.0. The molecule has 1 aromatic carbocycles. The number of hydrogen-bond acceptors (Lipinski definition) is 5. The van der Waals surface area contributed by atoms with Crippen molar-refractivity contribution in [2.45, 2.75) is 59.4 Å². The Balaban J connectivity index is 1.31. The van der Waals surface area contributed by atoms with E-state index in [1.165, 1.54) is 5.57 Å². The van der Waals surface area contributed by atoms with Gasteiger partial charge in [0.05, 0.1) is 0 Å². The van der Waals surface area contributed by atoms with Gasteiger partial charge in [-0.25, -0.2) is 4.79 Å². The van der Waals surface area contributed by atoms with Gasteiger partial charge in [-0.15, -0.1) is 0 Å². The molecule has 2 aliphatic heterocycles. The summed E-state index contributed by atoms with van der Waals surface area (Å²) in [6.07, 6.45) is 3.59. The minimum Gasteiger partial charge on any atom is -0.489 e. The molecular formula is C30H34N2O5. The molecule has 0 spiro atoms. The van der Waals surface area contributed by atoms with Gasteiger partial charge in [0.2, 0.25) is 5.91 Å². The monoisotopic (exact) mass is 502 g/mol. The highest BCUT2D eigenvalue weighted by Crippen LogP contribution is 2.35. The van der Waals surface area contributed by atoms with Crippen molar-refractivity contribution in [3.63, 3.8) is 0 Å². The van der Waals surface area contributed by atoms with Crippen LogP contribution in [0.1, 0.15) is 55.0 Å². The summed E-state index contributed by atoms with van der Waals surface area (Å²) >= 11 is 0. The molecule has 0 saturated carbocycles. The molecule has 2 aromatic heterocycles. The lowest BCUT2D eigenvalue weighted by Crippen LogP contribution is -2.49. The summed E-state index contributed by atoms with van der Waals surface area (Å²) in [6, 6.07) is 9.24. The van der Waals surface area contributed by atoms with E-state index in [4.69, 9.17) is 9.15 Å². The fraction of sp³-hybridized carbons (Fsp3) is 0.433. The Hall–Kier alpha value is -3.61. The van der Waals surface area contributed by atoms with Gasteiger partial charge < -0.3 is 18.6 Å². The lowest BCUT2D eigenvalue weighted by Gasteiger charge is -2.42. The van der Waals surface area contributed by atoms with Crippen molar-refractivity contribution in [3.8, 4) is 5.75 Å². The molecule has 194 valence electrons. The van der Waals surface area contributed by atoms with Crippen LogP contribution in [-0.2, 0) is 17.8 Å².